The molecule has 1 aromatic heterocycles. The molecule has 1 N–H and O–H groups in total. The van der Waals surface area contributed by atoms with Crippen molar-refractivity contribution in [3.8, 4) is 0 Å². The summed E-state index contributed by atoms with van der Waals surface area (Å²) in [6.45, 7) is 0. The van der Waals surface area contributed by atoms with Crippen LogP contribution >= 0.6 is 27.7 Å². The molecule has 0 aliphatic carbocycles. The summed E-state index contributed by atoms with van der Waals surface area (Å²) in [5.41, 5.74) is 3.41. The number of carbonyl (C=O) groups excluding carboxylic acids is 1. The molecule has 20 heavy (non-hydrogen) atoms. The summed E-state index contributed by atoms with van der Waals surface area (Å²) in [6.07, 6.45) is 3.31. The van der Waals surface area contributed by atoms with E-state index in [1.807, 2.05) is 42.5 Å². The molecule has 0 atom stereocenters. The Kier molecular flexibility index (Phi) is 5.76. The van der Waals surface area contributed by atoms with Crippen LogP contribution in [0.25, 0.3) is 0 Å². The molecule has 1 aromatic carbocycles. The molecule has 0 fully saturated rings. The lowest BCUT2D eigenvalue weighted by Gasteiger charge is -1.99. The summed E-state index contributed by atoms with van der Waals surface area (Å²) < 4.78 is 1.01. The van der Waals surface area contributed by atoms with Gasteiger partial charge in [0.15, 0.2) is 0 Å². The molecule has 2 rings (SSSR count). The van der Waals surface area contributed by atoms with Gasteiger partial charge in [-0.25, -0.2) is 10.4 Å². The van der Waals surface area contributed by atoms with Crippen LogP contribution in [-0.4, -0.2) is 22.9 Å². The molecule has 0 saturated carbocycles. The second-order valence-corrected chi connectivity index (χ2v) is 5.71. The van der Waals surface area contributed by atoms with Gasteiger partial charge in [-0.1, -0.05) is 45.9 Å². The Morgan fingerprint density at radius 2 is 2.10 bits per heavy atom. The van der Waals surface area contributed by atoms with E-state index in [0.29, 0.717) is 0 Å². The number of aromatic nitrogens is 1. The molecule has 4 nitrogen and oxygen atoms in total. The zero-order valence-electron chi connectivity index (χ0n) is 10.5. The molecule has 0 radical (unpaired) electrons. The summed E-state index contributed by atoms with van der Waals surface area (Å²) in [5, 5.41) is 4.73. The maximum absolute atomic E-state index is 11.6. The number of benzene rings is 1. The van der Waals surface area contributed by atoms with Crippen molar-refractivity contribution in [2.45, 2.75) is 5.03 Å². The van der Waals surface area contributed by atoms with Gasteiger partial charge in [0.05, 0.1) is 17.0 Å². The Morgan fingerprint density at radius 3 is 2.80 bits per heavy atom. The van der Waals surface area contributed by atoms with Crippen LogP contribution in [-0.2, 0) is 4.79 Å². The Balaban J connectivity index is 1.76. The second-order valence-electron chi connectivity index (χ2n) is 3.80. The molecule has 1 amide bonds. The average molecular weight is 350 g/mol. The molecule has 0 aliphatic rings. The van der Waals surface area contributed by atoms with Crippen molar-refractivity contribution in [2.24, 2.45) is 5.10 Å². The van der Waals surface area contributed by atoms with Crippen LogP contribution in [0.3, 0.4) is 0 Å². The van der Waals surface area contributed by atoms with Crippen molar-refractivity contribution in [1.29, 1.82) is 0 Å². The highest BCUT2D eigenvalue weighted by atomic mass is 79.9. The molecule has 0 aliphatic heterocycles. The van der Waals surface area contributed by atoms with Crippen molar-refractivity contribution in [1.82, 2.24) is 10.4 Å². The Hall–Kier alpha value is -1.66. The first kappa shape index (κ1) is 14.7. The lowest BCUT2D eigenvalue weighted by molar-refractivity contribution is -0.118. The molecule has 0 unspecified atom stereocenters. The number of carbonyl (C=O) groups is 1. The highest BCUT2D eigenvalue weighted by molar-refractivity contribution is 9.10. The van der Waals surface area contributed by atoms with Gasteiger partial charge in [0, 0.05) is 10.7 Å². The van der Waals surface area contributed by atoms with Gasteiger partial charge in [0.1, 0.15) is 0 Å². The topological polar surface area (TPSA) is 54.4 Å². The first-order valence-corrected chi connectivity index (χ1v) is 7.63. The summed E-state index contributed by atoms with van der Waals surface area (Å²) >= 11 is 4.73. The molecule has 2 aromatic rings. The maximum Gasteiger partial charge on any atom is 0.250 e. The first-order chi connectivity index (χ1) is 9.74. The molecule has 0 spiro atoms. The maximum atomic E-state index is 11.6. The van der Waals surface area contributed by atoms with Crippen molar-refractivity contribution in [2.75, 3.05) is 5.75 Å². The fraction of sp³-hybridized carbons (Fsp3) is 0.0714. The predicted molar refractivity (Wildman–Crippen MR) is 84.8 cm³/mol. The monoisotopic (exact) mass is 349 g/mol. The predicted octanol–water partition coefficient (Wildman–Crippen LogP) is 3.09. The first-order valence-electron chi connectivity index (χ1n) is 5.85. The van der Waals surface area contributed by atoms with Crippen LogP contribution in [0.1, 0.15) is 5.56 Å². The van der Waals surface area contributed by atoms with E-state index in [1.54, 1.807) is 12.4 Å². The van der Waals surface area contributed by atoms with E-state index in [4.69, 9.17) is 0 Å². The number of rotatable bonds is 5. The highest BCUT2D eigenvalue weighted by Gasteiger charge is 2.01. The summed E-state index contributed by atoms with van der Waals surface area (Å²) in [5.74, 6) is 0.128. The minimum absolute atomic E-state index is 0.158. The third kappa shape index (κ3) is 5.14. The number of pyridine rings is 1. The normalized spacial score (nSPS) is 10.7. The van der Waals surface area contributed by atoms with Crippen molar-refractivity contribution >= 4 is 39.8 Å². The van der Waals surface area contributed by atoms with Crippen LogP contribution in [0.15, 0.2) is 63.3 Å². The van der Waals surface area contributed by atoms with Crippen LogP contribution in [0.4, 0.5) is 0 Å². The number of nitrogens with one attached hydrogen (secondary N) is 1. The third-order valence-electron chi connectivity index (χ3n) is 2.26. The van der Waals surface area contributed by atoms with Crippen LogP contribution in [0.5, 0.6) is 0 Å². The number of amides is 1. The van der Waals surface area contributed by atoms with Gasteiger partial charge >= 0.3 is 0 Å². The fourth-order valence-electron chi connectivity index (χ4n) is 1.33. The molecule has 102 valence electrons. The number of thioether (sulfide) groups is 1. The van der Waals surface area contributed by atoms with Gasteiger partial charge in [-0.05, 0) is 29.8 Å². The fourth-order valence-corrected chi connectivity index (χ4v) is 2.25. The molecule has 0 saturated heterocycles. The Labute approximate surface area is 129 Å². The van der Waals surface area contributed by atoms with Crippen molar-refractivity contribution < 1.29 is 4.79 Å². The molecule has 6 heteroatoms. The molecule has 1 heterocycles. The number of hydrazone groups is 1. The number of halogens is 1. The van der Waals surface area contributed by atoms with Gasteiger partial charge in [-0.2, -0.15) is 5.10 Å². The van der Waals surface area contributed by atoms with Crippen LogP contribution < -0.4 is 5.43 Å². The lowest BCUT2D eigenvalue weighted by Crippen LogP contribution is -2.19. The minimum atomic E-state index is -0.158. The van der Waals surface area contributed by atoms with E-state index in [2.05, 4.69) is 31.4 Å². The van der Waals surface area contributed by atoms with Crippen LogP contribution in [0, 0.1) is 0 Å². The second kappa shape index (κ2) is 7.81. The van der Waals surface area contributed by atoms with Gasteiger partial charge in [0.25, 0.3) is 0 Å². The van der Waals surface area contributed by atoms with E-state index >= 15 is 0 Å². The number of hydrogen-bond acceptors (Lipinski definition) is 4. The zero-order chi connectivity index (χ0) is 14.2. The SMILES string of the molecule is O=C(CSc1ccccn1)N/N=C/c1ccc(Br)cc1. The largest absolute Gasteiger partial charge is 0.272 e. The van der Waals surface area contributed by atoms with E-state index in [0.717, 1.165) is 15.1 Å². The van der Waals surface area contributed by atoms with Crippen LogP contribution in [0.2, 0.25) is 0 Å². The van der Waals surface area contributed by atoms with E-state index in [9.17, 15) is 4.79 Å². The van der Waals surface area contributed by atoms with Gasteiger partial charge < -0.3 is 0 Å². The highest BCUT2D eigenvalue weighted by Crippen LogP contribution is 2.13. The van der Waals surface area contributed by atoms with Crippen molar-refractivity contribution in [3.05, 3.63) is 58.7 Å². The smallest absolute Gasteiger partial charge is 0.250 e. The van der Waals surface area contributed by atoms with E-state index in [-0.39, 0.29) is 11.7 Å². The number of nitrogens with zero attached hydrogens (tertiary/aromatic N) is 2. The standard InChI is InChI=1S/C14H12BrN3OS/c15-12-6-4-11(5-7-12)9-17-18-13(19)10-20-14-3-1-2-8-16-14/h1-9H,10H2,(H,18,19)/b17-9+. The van der Waals surface area contributed by atoms with E-state index < -0.39 is 0 Å². The van der Waals surface area contributed by atoms with Gasteiger partial charge in [-0.3, -0.25) is 4.79 Å². The van der Waals surface area contributed by atoms with Crippen molar-refractivity contribution in [3.63, 3.8) is 0 Å². The lowest BCUT2D eigenvalue weighted by atomic mass is 10.2. The summed E-state index contributed by atoms with van der Waals surface area (Å²) in [4.78, 5) is 15.7. The molecule has 0 bridgehead atoms. The Morgan fingerprint density at radius 1 is 1.30 bits per heavy atom. The average Bonchev–Trinajstić information content (AvgIpc) is 2.48. The van der Waals surface area contributed by atoms with E-state index in [1.165, 1.54) is 11.8 Å². The quantitative estimate of drug-likeness (QED) is 0.512. The molecular weight excluding hydrogens is 338 g/mol. The summed E-state index contributed by atoms with van der Waals surface area (Å²) in [6, 6.07) is 13.2. The summed E-state index contributed by atoms with van der Waals surface area (Å²) in [7, 11) is 0. The molecular formula is C14H12BrN3OS. The van der Waals surface area contributed by atoms with Gasteiger partial charge in [-0.15, -0.1) is 0 Å². The minimum Gasteiger partial charge on any atom is -0.272 e. The Bertz CT molecular complexity index is 587. The third-order valence-corrected chi connectivity index (χ3v) is 3.73. The number of hydrogen-bond donors (Lipinski definition) is 1. The zero-order valence-corrected chi connectivity index (χ0v) is 12.9. The van der Waals surface area contributed by atoms with Gasteiger partial charge in [0.2, 0.25) is 5.91 Å².